The number of hydrogen-bond donors (Lipinski definition) is 0. The molecule has 0 amide bonds. The average Bonchev–Trinajstić information content (AvgIpc) is 2.63. The summed E-state index contributed by atoms with van der Waals surface area (Å²) in [7, 11) is 0. The molecule has 1 unspecified atom stereocenters. The molecule has 0 aromatic heterocycles. The molecule has 146 valence electrons. The zero-order chi connectivity index (χ0) is 18.6. The van der Waals surface area contributed by atoms with Crippen molar-refractivity contribution in [3.05, 3.63) is 35.4 Å². The quantitative estimate of drug-likeness (QED) is 0.763. The van der Waals surface area contributed by atoms with Crippen LogP contribution in [-0.4, -0.2) is 61.3 Å². The van der Waals surface area contributed by atoms with E-state index in [0.717, 1.165) is 64.3 Å². The van der Waals surface area contributed by atoms with Gasteiger partial charge in [0.15, 0.2) is 11.6 Å². The molecule has 0 N–H and O–H groups in total. The summed E-state index contributed by atoms with van der Waals surface area (Å²) in [6.45, 7) is 11.7. The van der Waals surface area contributed by atoms with Crippen LogP contribution in [0, 0.1) is 17.6 Å². The molecule has 0 spiro atoms. The number of nitrogens with zero attached hydrogens (tertiary/aromatic N) is 2. The van der Waals surface area contributed by atoms with E-state index in [1.54, 1.807) is 6.07 Å². The van der Waals surface area contributed by atoms with Crippen molar-refractivity contribution in [1.82, 2.24) is 9.80 Å². The fraction of sp³-hybridized carbons (Fsp3) is 0.714. The van der Waals surface area contributed by atoms with E-state index in [2.05, 4.69) is 23.6 Å². The Morgan fingerprint density at radius 2 is 1.88 bits per heavy atom. The molecule has 2 saturated heterocycles. The van der Waals surface area contributed by atoms with Crippen LogP contribution < -0.4 is 0 Å². The predicted octanol–water partition coefficient (Wildman–Crippen LogP) is 3.72. The van der Waals surface area contributed by atoms with Crippen molar-refractivity contribution in [2.75, 3.05) is 45.9 Å². The van der Waals surface area contributed by atoms with Crippen LogP contribution in [0.5, 0.6) is 0 Å². The maximum Gasteiger partial charge on any atom is 0.159 e. The zero-order valence-corrected chi connectivity index (χ0v) is 16.1. The maximum atomic E-state index is 13.4. The summed E-state index contributed by atoms with van der Waals surface area (Å²) >= 11 is 0. The van der Waals surface area contributed by atoms with Gasteiger partial charge in [-0.3, -0.25) is 4.90 Å². The van der Waals surface area contributed by atoms with E-state index < -0.39 is 11.6 Å². The number of piperidine rings is 1. The van der Waals surface area contributed by atoms with Gasteiger partial charge in [-0.05, 0) is 69.7 Å². The third kappa shape index (κ3) is 5.24. The molecule has 0 aliphatic carbocycles. The molecule has 0 saturated carbocycles. The van der Waals surface area contributed by atoms with E-state index in [9.17, 15) is 8.78 Å². The van der Waals surface area contributed by atoms with Crippen molar-refractivity contribution < 1.29 is 13.5 Å². The van der Waals surface area contributed by atoms with E-state index in [1.165, 1.54) is 25.0 Å². The Bertz CT molecular complexity index is 587. The predicted molar refractivity (Wildman–Crippen MR) is 100 cm³/mol. The third-order valence-electron chi connectivity index (χ3n) is 5.91. The van der Waals surface area contributed by atoms with Gasteiger partial charge in [-0.25, -0.2) is 8.78 Å². The molecule has 2 heterocycles. The Hall–Kier alpha value is -1.04. The first-order chi connectivity index (χ1) is 12.4. The highest BCUT2D eigenvalue weighted by Gasteiger charge is 2.32. The van der Waals surface area contributed by atoms with Crippen LogP contribution in [0.4, 0.5) is 8.78 Å². The smallest absolute Gasteiger partial charge is 0.159 e. The minimum absolute atomic E-state index is 0.158. The Morgan fingerprint density at radius 3 is 2.62 bits per heavy atom. The maximum absolute atomic E-state index is 13.4. The number of ether oxygens (including phenoxy) is 1. The lowest BCUT2D eigenvalue weighted by Gasteiger charge is -2.45. The molecule has 3 rings (SSSR count). The third-order valence-corrected chi connectivity index (χ3v) is 5.91. The molecule has 0 radical (unpaired) electrons. The number of hydrogen-bond acceptors (Lipinski definition) is 3. The van der Waals surface area contributed by atoms with Crippen LogP contribution in [0.3, 0.4) is 0 Å². The Balaban J connectivity index is 1.49. The first-order valence-corrected chi connectivity index (χ1v) is 9.93. The second-order valence-corrected chi connectivity index (χ2v) is 8.44. The van der Waals surface area contributed by atoms with E-state index in [-0.39, 0.29) is 5.54 Å². The molecule has 2 aliphatic rings. The molecule has 1 aromatic carbocycles. The normalized spacial score (nSPS) is 23.3. The van der Waals surface area contributed by atoms with Crippen LogP contribution in [-0.2, 0) is 11.2 Å². The van der Waals surface area contributed by atoms with E-state index >= 15 is 0 Å². The molecule has 3 nitrogen and oxygen atoms in total. The highest BCUT2D eigenvalue weighted by molar-refractivity contribution is 5.17. The summed E-state index contributed by atoms with van der Waals surface area (Å²) in [6.07, 6.45) is 4.32. The summed E-state index contributed by atoms with van der Waals surface area (Å²) in [5.41, 5.74) is 1.06. The first-order valence-electron chi connectivity index (χ1n) is 9.93. The van der Waals surface area contributed by atoms with Crippen molar-refractivity contribution >= 4 is 0 Å². The van der Waals surface area contributed by atoms with Gasteiger partial charge in [0.1, 0.15) is 0 Å². The van der Waals surface area contributed by atoms with Crippen LogP contribution in [0.25, 0.3) is 0 Å². The van der Waals surface area contributed by atoms with Gasteiger partial charge in [0.05, 0.1) is 13.2 Å². The second-order valence-electron chi connectivity index (χ2n) is 8.44. The van der Waals surface area contributed by atoms with Crippen LogP contribution in [0.15, 0.2) is 18.2 Å². The number of likely N-dealkylation sites (tertiary alicyclic amines) is 1. The summed E-state index contributed by atoms with van der Waals surface area (Å²) in [4.78, 5) is 5.14. The van der Waals surface area contributed by atoms with E-state index in [4.69, 9.17) is 4.74 Å². The highest BCUT2D eigenvalue weighted by atomic mass is 19.2. The lowest BCUT2D eigenvalue weighted by molar-refractivity contribution is -0.0258. The monoisotopic (exact) mass is 366 g/mol. The first kappa shape index (κ1) is 19.7. The van der Waals surface area contributed by atoms with Crippen LogP contribution in [0.2, 0.25) is 0 Å². The standard InChI is InChI=1S/C21H32F2N2O/c1-21(2,25-10-12-26-13-11-25)16-24-9-3-4-18(15-24)6-5-17-7-8-19(22)20(23)14-17/h7-8,14,18H,3-6,9-13,15-16H2,1-2H3. The van der Waals surface area contributed by atoms with Gasteiger partial charge in [0.25, 0.3) is 0 Å². The van der Waals surface area contributed by atoms with Crippen molar-refractivity contribution in [3.8, 4) is 0 Å². The van der Waals surface area contributed by atoms with Crippen molar-refractivity contribution in [1.29, 1.82) is 0 Å². The van der Waals surface area contributed by atoms with Gasteiger partial charge in [0, 0.05) is 31.7 Å². The molecular formula is C21H32F2N2O. The number of halogens is 2. The van der Waals surface area contributed by atoms with Gasteiger partial charge in [-0.2, -0.15) is 0 Å². The highest BCUT2D eigenvalue weighted by Crippen LogP contribution is 2.25. The van der Waals surface area contributed by atoms with E-state index in [0.29, 0.717) is 5.92 Å². The zero-order valence-electron chi connectivity index (χ0n) is 16.1. The molecule has 2 aliphatic heterocycles. The van der Waals surface area contributed by atoms with Crippen LogP contribution in [0.1, 0.15) is 38.7 Å². The Labute approximate surface area is 156 Å². The van der Waals surface area contributed by atoms with Crippen molar-refractivity contribution in [2.45, 2.75) is 45.1 Å². The minimum atomic E-state index is -0.761. The van der Waals surface area contributed by atoms with Gasteiger partial charge in [0.2, 0.25) is 0 Å². The summed E-state index contributed by atoms with van der Waals surface area (Å²) < 4.78 is 31.9. The lowest BCUT2D eigenvalue weighted by Crippen LogP contribution is -2.56. The Morgan fingerprint density at radius 1 is 1.12 bits per heavy atom. The second kappa shape index (κ2) is 8.77. The number of rotatable bonds is 6. The fourth-order valence-corrected chi connectivity index (χ4v) is 4.41. The molecule has 1 atom stereocenters. The van der Waals surface area contributed by atoms with Crippen molar-refractivity contribution in [2.24, 2.45) is 5.92 Å². The molecule has 2 fully saturated rings. The molecule has 26 heavy (non-hydrogen) atoms. The fourth-order valence-electron chi connectivity index (χ4n) is 4.41. The average molecular weight is 366 g/mol. The number of benzene rings is 1. The lowest BCUT2D eigenvalue weighted by atomic mass is 9.90. The molecule has 5 heteroatoms. The van der Waals surface area contributed by atoms with Gasteiger partial charge < -0.3 is 9.64 Å². The van der Waals surface area contributed by atoms with Gasteiger partial charge in [-0.15, -0.1) is 0 Å². The topological polar surface area (TPSA) is 15.7 Å². The number of morpholine rings is 1. The number of aryl methyl sites for hydroxylation is 1. The SMILES string of the molecule is CC(C)(CN1CCCC(CCc2ccc(F)c(F)c2)C1)N1CCOCC1. The summed E-state index contributed by atoms with van der Waals surface area (Å²) in [6, 6.07) is 4.29. The summed E-state index contributed by atoms with van der Waals surface area (Å²) in [5.74, 6) is -0.861. The van der Waals surface area contributed by atoms with Crippen molar-refractivity contribution in [3.63, 3.8) is 0 Å². The molecule has 0 bridgehead atoms. The largest absolute Gasteiger partial charge is 0.379 e. The molecule has 1 aromatic rings. The van der Waals surface area contributed by atoms with E-state index in [1.807, 2.05) is 0 Å². The summed E-state index contributed by atoms with van der Waals surface area (Å²) in [5, 5.41) is 0. The van der Waals surface area contributed by atoms with Gasteiger partial charge >= 0.3 is 0 Å². The van der Waals surface area contributed by atoms with Crippen LogP contribution >= 0.6 is 0 Å². The minimum Gasteiger partial charge on any atom is -0.379 e. The molecular weight excluding hydrogens is 334 g/mol. The Kier molecular flexibility index (Phi) is 6.65. The van der Waals surface area contributed by atoms with Gasteiger partial charge in [-0.1, -0.05) is 6.07 Å².